The zero-order chi connectivity index (χ0) is 19.9. The summed E-state index contributed by atoms with van der Waals surface area (Å²) in [5, 5.41) is 3.20. The first-order chi connectivity index (χ1) is 14.3. The van der Waals surface area contributed by atoms with E-state index in [9.17, 15) is 4.79 Å². The number of hydrogen-bond acceptors (Lipinski definition) is 3. The van der Waals surface area contributed by atoms with Gasteiger partial charge in [0.2, 0.25) is 5.91 Å². The van der Waals surface area contributed by atoms with Crippen LogP contribution in [-0.2, 0) is 11.3 Å². The van der Waals surface area contributed by atoms with Crippen molar-refractivity contribution in [2.24, 2.45) is 5.92 Å². The summed E-state index contributed by atoms with van der Waals surface area (Å²) in [5.74, 6) is 0.158. The molecule has 1 fully saturated rings. The molecule has 1 saturated heterocycles. The average Bonchev–Trinajstić information content (AvgIpc) is 2.77. The molecule has 0 aliphatic carbocycles. The number of likely N-dealkylation sites (tertiary alicyclic amines) is 1. The van der Waals surface area contributed by atoms with Gasteiger partial charge in [-0.05, 0) is 49.2 Å². The third kappa shape index (κ3) is 5.49. The Hall–Kier alpha value is -2.56. The first kappa shape index (κ1) is 19.7. The maximum absolute atomic E-state index is 13.0. The number of carbonyl (C=O) groups is 1. The van der Waals surface area contributed by atoms with Crippen LogP contribution in [0.2, 0.25) is 0 Å². The fourth-order valence-electron chi connectivity index (χ4n) is 3.76. The number of amides is 1. The summed E-state index contributed by atoms with van der Waals surface area (Å²) in [7, 11) is 0. The summed E-state index contributed by atoms with van der Waals surface area (Å²) >= 11 is 1.68. The van der Waals surface area contributed by atoms with Gasteiger partial charge in [-0.2, -0.15) is 0 Å². The Morgan fingerprint density at radius 3 is 2.41 bits per heavy atom. The first-order valence-corrected chi connectivity index (χ1v) is 11.0. The van der Waals surface area contributed by atoms with Crippen molar-refractivity contribution in [2.75, 3.05) is 18.4 Å². The van der Waals surface area contributed by atoms with Crippen LogP contribution in [-0.4, -0.2) is 23.9 Å². The van der Waals surface area contributed by atoms with Gasteiger partial charge in [0.05, 0.1) is 11.6 Å². The Balaban J connectivity index is 1.40. The van der Waals surface area contributed by atoms with Gasteiger partial charge >= 0.3 is 0 Å². The van der Waals surface area contributed by atoms with Gasteiger partial charge in [0.15, 0.2) is 0 Å². The molecule has 0 bridgehead atoms. The van der Waals surface area contributed by atoms with Crippen molar-refractivity contribution >= 4 is 23.4 Å². The van der Waals surface area contributed by atoms with E-state index in [4.69, 9.17) is 0 Å². The second-order valence-electron chi connectivity index (χ2n) is 7.46. The van der Waals surface area contributed by atoms with E-state index in [0.717, 1.165) is 43.1 Å². The molecule has 4 heteroatoms. The standard InChI is InChI=1S/C25H26N2OS/c28-25(21-12-9-17-27(19-21)18-20-10-3-1-4-11-20)26-23-15-7-8-16-24(23)29-22-13-5-2-6-14-22/h1-8,10-11,13-16,21H,9,12,17-19H2,(H,26,28). The van der Waals surface area contributed by atoms with Crippen LogP contribution in [0.15, 0.2) is 94.7 Å². The van der Waals surface area contributed by atoms with Gasteiger partial charge in [0, 0.05) is 22.9 Å². The summed E-state index contributed by atoms with van der Waals surface area (Å²) in [6, 6.07) is 28.8. The van der Waals surface area contributed by atoms with Crippen LogP contribution < -0.4 is 5.32 Å². The normalized spacial score (nSPS) is 17.0. The fraction of sp³-hybridized carbons (Fsp3) is 0.240. The van der Waals surface area contributed by atoms with E-state index in [1.807, 2.05) is 42.5 Å². The molecular formula is C25H26N2OS. The highest BCUT2D eigenvalue weighted by molar-refractivity contribution is 7.99. The summed E-state index contributed by atoms with van der Waals surface area (Å²) < 4.78 is 0. The predicted molar refractivity (Wildman–Crippen MR) is 120 cm³/mol. The number of nitrogens with zero attached hydrogens (tertiary/aromatic N) is 1. The second kappa shape index (κ2) is 9.77. The van der Waals surface area contributed by atoms with Crippen LogP contribution in [0.3, 0.4) is 0 Å². The minimum Gasteiger partial charge on any atom is -0.325 e. The van der Waals surface area contributed by atoms with E-state index in [-0.39, 0.29) is 11.8 Å². The van der Waals surface area contributed by atoms with Crippen LogP contribution in [0, 0.1) is 5.92 Å². The van der Waals surface area contributed by atoms with Crippen molar-refractivity contribution in [3.63, 3.8) is 0 Å². The molecule has 148 valence electrons. The van der Waals surface area contributed by atoms with E-state index in [2.05, 4.69) is 52.7 Å². The van der Waals surface area contributed by atoms with Gasteiger partial charge in [-0.15, -0.1) is 0 Å². The number of piperidine rings is 1. The van der Waals surface area contributed by atoms with Crippen LogP contribution >= 0.6 is 11.8 Å². The highest BCUT2D eigenvalue weighted by Gasteiger charge is 2.26. The molecule has 1 aliphatic heterocycles. The lowest BCUT2D eigenvalue weighted by molar-refractivity contribution is -0.121. The molecule has 29 heavy (non-hydrogen) atoms. The first-order valence-electron chi connectivity index (χ1n) is 10.2. The van der Waals surface area contributed by atoms with E-state index >= 15 is 0 Å². The molecule has 0 saturated carbocycles. The van der Waals surface area contributed by atoms with Crippen molar-refractivity contribution in [1.29, 1.82) is 0 Å². The van der Waals surface area contributed by atoms with E-state index in [0.29, 0.717) is 0 Å². The van der Waals surface area contributed by atoms with E-state index in [1.54, 1.807) is 11.8 Å². The Labute approximate surface area is 177 Å². The number of rotatable bonds is 6. The molecule has 1 atom stereocenters. The largest absolute Gasteiger partial charge is 0.325 e. The molecule has 1 amide bonds. The third-order valence-corrected chi connectivity index (χ3v) is 6.33. The van der Waals surface area contributed by atoms with Crippen molar-refractivity contribution < 1.29 is 4.79 Å². The van der Waals surface area contributed by atoms with Gasteiger partial charge < -0.3 is 5.32 Å². The lowest BCUT2D eigenvalue weighted by atomic mass is 9.96. The van der Waals surface area contributed by atoms with Crippen LogP contribution in [0.4, 0.5) is 5.69 Å². The van der Waals surface area contributed by atoms with Gasteiger partial charge in [-0.3, -0.25) is 9.69 Å². The summed E-state index contributed by atoms with van der Waals surface area (Å²) in [6.07, 6.45) is 2.01. The number of anilines is 1. The molecule has 1 heterocycles. The number of carbonyl (C=O) groups excluding carboxylic acids is 1. The van der Waals surface area contributed by atoms with Crippen LogP contribution in [0.5, 0.6) is 0 Å². The molecule has 4 rings (SSSR count). The van der Waals surface area contributed by atoms with Crippen molar-refractivity contribution in [3.8, 4) is 0 Å². The minimum absolute atomic E-state index is 0.0299. The lowest BCUT2D eigenvalue weighted by Gasteiger charge is -2.32. The van der Waals surface area contributed by atoms with Crippen LogP contribution in [0.25, 0.3) is 0 Å². The third-order valence-electron chi connectivity index (χ3n) is 5.24. The molecule has 0 aromatic heterocycles. The molecule has 1 unspecified atom stereocenters. The molecule has 3 aromatic carbocycles. The number of nitrogens with one attached hydrogen (secondary N) is 1. The second-order valence-corrected chi connectivity index (χ2v) is 8.58. The Kier molecular flexibility index (Phi) is 6.65. The lowest BCUT2D eigenvalue weighted by Crippen LogP contribution is -2.40. The van der Waals surface area contributed by atoms with Gasteiger partial charge in [-0.1, -0.05) is 72.4 Å². The SMILES string of the molecule is O=C(Nc1ccccc1Sc1ccccc1)C1CCCN(Cc2ccccc2)C1. The maximum atomic E-state index is 13.0. The number of benzene rings is 3. The number of para-hydroxylation sites is 1. The molecule has 0 spiro atoms. The predicted octanol–water partition coefficient (Wildman–Crippen LogP) is 5.69. The van der Waals surface area contributed by atoms with Crippen molar-refractivity contribution in [2.45, 2.75) is 29.2 Å². The molecule has 3 nitrogen and oxygen atoms in total. The monoisotopic (exact) mass is 402 g/mol. The summed E-state index contributed by atoms with van der Waals surface area (Å²) in [5.41, 5.74) is 2.20. The highest BCUT2D eigenvalue weighted by Crippen LogP contribution is 2.33. The van der Waals surface area contributed by atoms with Crippen molar-refractivity contribution in [1.82, 2.24) is 4.90 Å². The van der Waals surface area contributed by atoms with Crippen molar-refractivity contribution in [3.05, 3.63) is 90.5 Å². The van der Waals surface area contributed by atoms with Gasteiger partial charge in [0.1, 0.15) is 0 Å². The molecule has 3 aromatic rings. The molecule has 1 N–H and O–H groups in total. The average molecular weight is 403 g/mol. The quantitative estimate of drug-likeness (QED) is 0.575. The summed E-state index contributed by atoms with van der Waals surface area (Å²) in [4.78, 5) is 17.7. The van der Waals surface area contributed by atoms with Crippen LogP contribution in [0.1, 0.15) is 18.4 Å². The zero-order valence-electron chi connectivity index (χ0n) is 16.5. The number of hydrogen-bond donors (Lipinski definition) is 1. The zero-order valence-corrected chi connectivity index (χ0v) is 17.3. The van der Waals surface area contributed by atoms with E-state index < -0.39 is 0 Å². The minimum atomic E-state index is 0.0299. The Bertz CT molecular complexity index is 930. The Morgan fingerprint density at radius 1 is 0.931 bits per heavy atom. The fourth-order valence-corrected chi connectivity index (χ4v) is 4.69. The van der Waals surface area contributed by atoms with Gasteiger partial charge in [0.25, 0.3) is 0 Å². The van der Waals surface area contributed by atoms with E-state index in [1.165, 1.54) is 10.5 Å². The maximum Gasteiger partial charge on any atom is 0.228 e. The highest BCUT2D eigenvalue weighted by atomic mass is 32.2. The molecule has 0 radical (unpaired) electrons. The van der Waals surface area contributed by atoms with Gasteiger partial charge in [-0.25, -0.2) is 0 Å². The Morgan fingerprint density at radius 2 is 1.62 bits per heavy atom. The molecular weight excluding hydrogens is 376 g/mol. The molecule has 1 aliphatic rings. The smallest absolute Gasteiger partial charge is 0.228 e. The topological polar surface area (TPSA) is 32.3 Å². The summed E-state index contributed by atoms with van der Waals surface area (Å²) in [6.45, 7) is 2.78.